The molecule has 0 fully saturated rings. The molecule has 2 rings (SSSR count). The lowest BCUT2D eigenvalue weighted by Gasteiger charge is -2.12. The van der Waals surface area contributed by atoms with Crippen LogP contribution in [0.15, 0.2) is 22.8 Å². The fraction of sp³-hybridized carbons (Fsp3) is 0.385. The monoisotopic (exact) mass is 264 g/mol. The van der Waals surface area contributed by atoms with E-state index in [4.69, 9.17) is 14.6 Å². The number of aliphatic hydroxyl groups excluding tert-OH is 1. The molecular formula is C13H16N2O4. The van der Waals surface area contributed by atoms with Gasteiger partial charge in [-0.25, -0.2) is 4.63 Å². The standard InChI is InChI=1S/C13H16N2O4/c1-3-17-13-6-10(7-16)4-5-12(13)18-8-11-9(2)14-19-15-11/h4-6,16H,3,7-8H2,1-2H3. The Morgan fingerprint density at radius 2 is 2.05 bits per heavy atom. The molecule has 0 unspecified atom stereocenters. The Labute approximate surface area is 110 Å². The summed E-state index contributed by atoms with van der Waals surface area (Å²) in [6, 6.07) is 5.30. The highest BCUT2D eigenvalue weighted by Gasteiger charge is 2.10. The molecule has 0 aliphatic heterocycles. The van der Waals surface area contributed by atoms with E-state index in [0.717, 1.165) is 5.56 Å². The predicted octanol–water partition coefficient (Wildman–Crippen LogP) is 1.85. The van der Waals surface area contributed by atoms with E-state index in [1.165, 1.54) is 0 Å². The first-order chi connectivity index (χ1) is 9.24. The molecule has 1 aromatic heterocycles. The normalized spacial score (nSPS) is 10.5. The van der Waals surface area contributed by atoms with Crippen LogP contribution in [0.4, 0.5) is 0 Å². The zero-order valence-electron chi connectivity index (χ0n) is 10.9. The van der Waals surface area contributed by atoms with Gasteiger partial charge in [-0.3, -0.25) is 0 Å². The van der Waals surface area contributed by atoms with E-state index < -0.39 is 0 Å². The van der Waals surface area contributed by atoms with E-state index in [-0.39, 0.29) is 13.2 Å². The van der Waals surface area contributed by atoms with E-state index in [2.05, 4.69) is 14.9 Å². The van der Waals surface area contributed by atoms with Gasteiger partial charge >= 0.3 is 0 Å². The van der Waals surface area contributed by atoms with E-state index in [0.29, 0.717) is 29.5 Å². The van der Waals surface area contributed by atoms with Crippen molar-refractivity contribution in [3.05, 3.63) is 35.2 Å². The summed E-state index contributed by atoms with van der Waals surface area (Å²) in [4.78, 5) is 0. The van der Waals surface area contributed by atoms with Crippen LogP contribution >= 0.6 is 0 Å². The molecule has 0 saturated heterocycles. The van der Waals surface area contributed by atoms with Gasteiger partial charge < -0.3 is 14.6 Å². The minimum atomic E-state index is -0.0351. The summed E-state index contributed by atoms with van der Waals surface area (Å²) < 4.78 is 15.7. The fourth-order valence-corrected chi connectivity index (χ4v) is 1.56. The topological polar surface area (TPSA) is 77.6 Å². The number of benzene rings is 1. The predicted molar refractivity (Wildman–Crippen MR) is 66.9 cm³/mol. The SMILES string of the molecule is CCOc1cc(CO)ccc1OCc1nonc1C. The molecule has 0 amide bonds. The number of aryl methyl sites for hydroxylation is 1. The van der Waals surface area contributed by atoms with Crippen LogP contribution in [-0.2, 0) is 13.2 Å². The Morgan fingerprint density at radius 1 is 1.21 bits per heavy atom. The molecule has 0 radical (unpaired) electrons. The van der Waals surface area contributed by atoms with Gasteiger partial charge in [0.15, 0.2) is 11.5 Å². The first-order valence-electron chi connectivity index (χ1n) is 6.02. The molecule has 1 heterocycles. The zero-order chi connectivity index (χ0) is 13.7. The molecule has 0 saturated carbocycles. The Balaban J connectivity index is 2.12. The fourth-order valence-electron chi connectivity index (χ4n) is 1.56. The van der Waals surface area contributed by atoms with E-state index >= 15 is 0 Å². The summed E-state index contributed by atoms with van der Waals surface area (Å²) in [6.07, 6.45) is 0. The molecule has 102 valence electrons. The third kappa shape index (κ3) is 3.23. The maximum atomic E-state index is 9.11. The molecule has 1 aromatic carbocycles. The van der Waals surface area contributed by atoms with Gasteiger partial charge in [-0.05, 0) is 31.5 Å². The van der Waals surface area contributed by atoms with Gasteiger partial charge in [0.1, 0.15) is 18.0 Å². The van der Waals surface area contributed by atoms with Gasteiger partial charge in [-0.15, -0.1) is 0 Å². The maximum absolute atomic E-state index is 9.11. The van der Waals surface area contributed by atoms with Crippen LogP contribution in [0.1, 0.15) is 23.9 Å². The van der Waals surface area contributed by atoms with Crippen LogP contribution in [0.3, 0.4) is 0 Å². The Kier molecular flexibility index (Phi) is 4.35. The molecular weight excluding hydrogens is 248 g/mol. The number of ether oxygens (including phenoxy) is 2. The summed E-state index contributed by atoms with van der Waals surface area (Å²) in [6.45, 7) is 4.44. The third-order valence-corrected chi connectivity index (χ3v) is 2.60. The molecule has 2 aromatic rings. The highest BCUT2D eigenvalue weighted by atomic mass is 16.6. The van der Waals surface area contributed by atoms with Crippen molar-refractivity contribution < 1.29 is 19.2 Å². The number of hydrogen-bond acceptors (Lipinski definition) is 6. The minimum absolute atomic E-state index is 0.0351. The third-order valence-electron chi connectivity index (χ3n) is 2.60. The van der Waals surface area contributed by atoms with E-state index in [9.17, 15) is 0 Å². The lowest BCUT2D eigenvalue weighted by molar-refractivity contribution is 0.251. The summed E-state index contributed by atoms with van der Waals surface area (Å²) in [5.74, 6) is 1.20. The van der Waals surface area contributed by atoms with Crippen molar-refractivity contribution in [2.45, 2.75) is 27.1 Å². The second kappa shape index (κ2) is 6.19. The van der Waals surface area contributed by atoms with Crippen molar-refractivity contribution in [2.75, 3.05) is 6.61 Å². The minimum Gasteiger partial charge on any atom is -0.490 e. The smallest absolute Gasteiger partial charge is 0.161 e. The summed E-state index contributed by atoms with van der Waals surface area (Å²) >= 11 is 0. The molecule has 0 spiro atoms. The zero-order valence-corrected chi connectivity index (χ0v) is 10.9. The van der Waals surface area contributed by atoms with E-state index in [1.807, 2.05) is 6.92 Å². The molecule has 19 heavy (non-hydrogen) atoms. The van der Waals surface area contributed by atoms with Crippen molar-refractivity contribution in [3.63, 3.8) is 0 Å². The Bertz CT molecular complexity index is 539. The number of aliphatic hydroxyl groups is 1. The number of rotatable bonds is 6. The molecule has 6 nitrogen and oxygen atoms in total. The van der Waals surface area contributed by atoms with Crippen LogP contribution in [0.25, 0.3) is 0 Å². The molecule has 0 aliphatic carbocycles. The molecule has 0 atom stereocenters. The number of nitrogens with zero attached hydrogens (tertiary/aromatic N) is 2. The summed E-state index contributed by atoms with van der Waals surface area (Å²) in [7, 11) is 0. The van der Waals surface area contributed by atoms with Crippen molar-refractivity contribution in [1.29, 1.82) is 0 Å². The molecule has 6 heteroatoms. The average molecular weight is 264 g/mol. The van der Waals surface area contributed by atoms with Gasteiger partial charge in [-0.2, -0.15) is 0 Å². The first kappa shape index (κ1) is 13.4. The second-order valence-electron chi connectivity index (χ2n) is 3.96. The van der Waals surface area contributed by atoms with Crippen molar-refractivity contribution in [1.82, 2.24) is 10.3 Å². The van der Waals surface area contributed by atoms with Gasteiger partial charge in [0.2, 0.25) is 0 Å². The first-order valence-corrected chi connectivity index (χ1v) is 6.02. The van der Waals surface area contributed by atoms with Crippen LogP contribution in [-0.4, -0.2) is 22.0 Å². The van der Waals surface area contributed by atoms with Crippen molar-refractivity contribution in [3.8, 4) is 11.5 Å². The lowest BCUT2D eigenvalue weighted by Crippen LogP contribution is -2.01. The molecule has 0 aliphatic rings. The molecule has 1 N–H and O–H groups in total. The summed E-state index contributed by atoms with van der Waals surface area (Å²) in [5.41, 5.74) is 2.12. The van der Waals surface area contributed by atoms with Gasteiger partial charge in [0.25, 0.3) is 0 Å². The number of hydrogen-bond donors (Lipinski definition) is 1. The van der Waals surface area contributed by atoms with Gasteiger partial charge in [0, 0.05) is 0 Å². The largest absolute Gasteiger partial charge is 0.490 e. The van der Waals surface area contributed by atoms with Crippen LogP contribution in [0.5, 0.6) is 11.5 Å². The highest BCUT2D eigenvalue weighted by Crippen LogP contribution is 2.29. The van der Waals surface area contributed by atoms with E-state index in [1.54, 1.807) is 25.1 Å². The van der Waals surface area contributed by atoms with Crippen LogP contribution in [0, 0.1) is 6.92 Å². The maximum Gasteiger partial charge on any atom is 0.161 e. The van der Waals surface area contributed by atoms with Crippen molar-refractivity contribution in [2.24, 2.45) is 0 Å². The number of aromatic nitrogens is 2. The van der Waals surface area contributed by atoms with Crippen LogP contribution < -0.4 is 9.47 Å². The average Bonchev–Trinajstić information content (AvgIpc) is 2.83. The Morgan fingerprint density at radius 3 is 2.68 bits per heavy atom. The Hall–Kier alpha value is -2.08. The van der Waals surface area contributed by atoms with Crippen LogP contribution in [0.2, 0.25) is 0 Å². The highest BCUT2D eigenvalue weighted by molar-refractivity contribution is 5.42. The second-order valence-corrected chi connectivity index (χ2v) is 3.96. The van der Waals surface area contributed by atoms with Gasteiger partial charge in [0.05, 0.1) is 13.2 Å². The van der Waals surface area contributed by atoms with Crippen molar-refractivity contribution >= 4 is 0 Å². The lowest BCUT2D eigenvalue weighted by atomic mass is 10.2. The molecule has 0 bridgehead atoms. The summed E-state index contributed by atoms with van der Waals surface area (Å²) in [5, 5.41) is 16.5. The van der Waals surface area contributed by atoms with Gasteiger partial charge in [-0.1, -0.05) is 16.4 Å². The quantitative estimate of drug-likeness (QED) is 0.857.